The largest absolute Gasteiger partial charge is 0.383 e. The first-order chi connectivity index (χ1) is 14.0. The Balaban J connectivity index is 1.81. The fraction of sp³-hybridized carbons (Fsp3) is 0.304. The SMILES string of the molecule is COCCNC(=O)C(C)N1C(=O)c2ccccc2C1c1c(C)[nH]c2ccccc12. The van der Waals surface area contributed by atoms with E-state index >= 15 is 0 Å². The van der Waals surface area contributed by atoms with Crippen LogP contribution in [0.4, 0.5) is 0 Å². The van der Waals surface area contributed by atoms with E-state index in [1.165, 1.54) is 0 Å². The molecule has 0 spiro atoms. The monoisotopic (exact) mass is 391 g/mol. The number of H-pyrrole nitrogens is 1. The van der Waals surface area contributed by atoms with Crippen LogP contribution in [0.25, 0.3) is 10.9 Å². The van der Waals surface area contributed by atoms with E-state index < -0.39 is 6.04 Å². The number of aromatic amines is 1. The van der Waals surface area contributed by atoms with Gasteiger partial charge in [0, 0.05) is 41.4 Å². The molecule has 2 atom stereocenters. The molecule has 1 aliphatic heterocycles. The fourth-order valence-corrected chi connectivity index (χ4v) is 4.23. The highest BCUT2D eigenvalue weighted by molar-refractivity contribution is 6.03. The standard InChI is InChI=1S/C23H25N3O3/c1-14-20(18-10-6-7-11-19(18)25-14)21-16-8-4-5-9-17(16)23(28)26(21)15(2)22(27)24-12-13-29-3/h4-11,15,21,25H,12-13H2,1-3H3,(H,24,27). The molecule has 0 saturated carbocycles. The lowest BCUT2D eigenvalue weighted by Gasteiger charge is -2.31. The fourth-order valence-electron chi connectivity index (χ4n) is 4.23. The molecule has 2 heterocycles. The average Bonchev–Trinajstić information content (AvgIpc) is 3.21. The van der Waals surface area contributed by atoms with Crippen molar-refractivity contribution in [2.24, 2.45) is 0 Å². The molecule has 2 unspecified atom stereocenters. The quantitative estimate of drug-likeness (QED) is 0.634. The first-order valence-electron chi connectivity index (χ1n) is 9.80. The first-order valence-corrected chi connectivity index (χ1v) is 9.80. The van der Waals surface area contributed by atoms with Crippen LogP contribution < -0.4 is 5.32 Å². The molecule has 0 aliphatic carbocycles. The maximum absolute atomic E-state index is 13.3. The molecule has 0 fully saturated rings. The molecule has 29 heavy (non-hydrogen) atoms. The van der Waals surface area contributed by atoms with Crippen LogP contribution in [0.1, 0.15) is 40.1 Å². The number of carbonyl (C=O) groups excluding carboxylic acids is 2. The molecule has 3 aromatic rings. The zero-order valence-corrected chi connectivity index (χ0v) is 16.9. The molecule has 0 saturated heterocycles. The van der Waals surface area contributed by atoms with E-state index in [1.54, 1.807) is 18.9 Å². The van der Waals surface area contributed by atoms with Gasteiger partial charge in [0.2, 0.25) is 5.91 Å². The van der Waals surface area contributed by atoms with E-state index in [0.717, 1.165) is 27.7 Å². The van der Waals surface area contributed by atoms with Crippen molar-refractivity contribution < 1.29 is 14.3 Å². The molecular weight excluding hydrogens is 366 g/mol. The summed E-state index contributed by atoms with van der Waals surface area (Å²) in [6.45, 7) is 4.63. The van der Waals surface area contributed by atoms with Crippen LogP contribution in [0.5, 0.6) is 0 Å². The third kappa shape index (κ3) is 3.19. The number of rotatable bonds is 6. The number of amides is 2. The smallest absolute Gasteiger partial charge is 0.255 e. The van der Waals surface area contributed by atoms with E-state index in [4.69, 9.17) is 4.74 Å². The molecule has 2 N–H and O–H groups in total. The van der Waals surface area contributed by atoms with Gasteiger partial charge in [0.25, 0.3) is 5.91 Å². The second-order valence-corrected chi connectivity index (χ2v) is 7.37. The molecule has 150 valence electrons. The second-order valence-electron chi connectivity index (χ2n) is 7.37. The number of aromatic nitrogens is 1. The third-order valence-electron chi connectivity index (χ3n) is 5.62. The number of hydrogen-bond donors (Lipinski definition) is 2. The van der Waals surface area contributed by atoms with Crippen molar-refractivity contribution in [2.45, 2.75) is 25.9 Å². The van der Waals surface area contributed by atoms with Gasteiger partial charge in [-0.2, -0.15) is 0 Å². The van der Waals surface area contributed by atoms with Gasteiger partial charge in [-0.05, 0) is 31.5 Å². The van der Waals surface area contributed by atoms with Crippen LogP contribution in [0, 0.1) is 6.92 Å². The Morgan fingerprint density at radius 1 is 1.21 bits per heavy atom. The molecule has 4 rings (SSSR count). The number of hydrogen-bond acceptors (Lipinski definition) is 3. The number of nitrogens with zero attached hydrogens (tertiary/aromatic N) is 1. The van der Waals surface area contributed by atoms with Gasteiger partial charge < -0.3 is 19.9 Å². The summed E-state index contributed by atoms with van der Waals surface area (Å²) in [6.07, 6.45) is 0. The number of aryl methyl sites for hydroxylation is 1. The molecular formula is C23H25N3O3. The van der Waals surface area contributed by atoms with Crippen molar-refractivity contribution in [3.05, 3.63) is 70.9 Å². The van der Waals surface area contributed by atoms with Gasteiger partial charge in [-0.25, -0.2) is 0 Å². The summed E-state index contributed by atoms with van der Waals surface area (Å²) >= 11 is 0. The first kappa shape index (κ1) is 19.2. The summed E-state index contributed by atoms with van der Waals surface area (Å²) < 4.78 is 5.01. The highest BCUT2D eigenvalue weighted by Gasteiger charge is 2.43. The molecule has 0 bridgehead atoms. The minimum Gasteiger partial charge on any atom is -0.383 e. The molecule has 2 aromatic carbocycles. The number of benzene rings is 2. The Bertz CT molecular complexity index is 1070. The summed E-state index contributed by atoms with van der Waals surface area (Å²) in [5, 5.41) is 3.93. The number of para-hydroxylation sites is 1. The lowest BCUT2D eigenvalue weighted by Crippen LogP contribution is -2.47. The second kappa shape index (κ2) is 7.72. The Morgan fingerprint density at radius 2 is 1.93 bits per heavy atom. The Kier molecular flexibility index (Phi) is 5.11. The van der Waals surface area contributed by atoms with Crippen molar-refractivity contribution >= 4 is 22.7 Å². The molecule has 2 amide bonds. The summed E-state index contributed by atoms with van der Waals surface area (Å²) in [4.78, 5) is 31.3. The Hall–Kier alpha value is -3.12. The van der Waals surface area contributed by atoms with Gasteiger partial charge in [-0.3, -0.25) is 9.59 Å². The van der Waals surface area contributed by atoms with Crippen LogP contribution in [-0.4, -0.2) is 48.0 Å². The summed E-state index contributed by atoms with van der Waals surface area (Å²) in [5.74, 6) is -0.310. The van der Waals surface area contributed by atoms with Crippen molar-refractivity contribution in [1.82, 2.24) is 15.2 Å². The highest BCUT2D eigenvalue weighted by Crippen LogP contribution is 2.43. The van der Waals surface area contributed by atoms with Crippen LogP contribution in [0.15, 0.2) is 48.5 Å². The minimum atomic E-state index is -0.621. The normalized spacial score (nSPS) is 16.9. The summed E-state index contributed by atoms with van der Waals surface area (Å²) in [6, 6.07) is 14.7. The van der Waals surface area contributed by atoms with Gasteiger partial charge >= 0.3 is 0 Å². The van der Waals surface area contributed by atoms with E-state index in [1.807, 2.05) is 49.4 Å². The zero-order valence-electron chi connectivity index (χ0n) is 16.9. The van der Waals surface area contributed by atoms with E-state index in [0.29, 0.717) is 18.7 Å². The topological polar surface area (TPSA) is 74.4 Å². The number of nitrogens with one attached hydrogen (secondary N) is 2. The van der Waals surface area contributed by atoms with Crippen molar-refractivity contribution in [3.63, 3.8) is 0 Å². The number of fused-ring (bicyclic) bond motifs is 2. The lowest BCUT2D eigenvalue weighted by atomic mass is 9.95. The third-order valence-corrected chi connectivity index (χ3v) is 5.62. The molecule has 1 aromatic heterocycles. The van der Waals surface area contributed by atoms with Gasteiger partial charge in [0.1, 0.15) is 6.04 Å². The highest BCUT2D eigenvalue weighted by atomic mass is 16.5. The van der Waals surface area contributed by atoms with Crippen LogP contribution >= 0.6 is 0 Å². The van der Waals surface area contributed by atoms with E-state index in [-0.39, 0.29) is 17.9 Å². The van der Waals surface area contributed by atoms with Crippen molar-refractivity contribution in [1.29, 1.82) is 0 Å². The predicted molar refractivity (Wildman–Crippen MR) is 112 cm³/mol. The van der Waals surface area contributed by atoms with Gasteiger partial charge in [0.05, 0.1) is 12.6 Å². The molecule has 0 radical (unpaired) electrons. The average molecular weight is 391 g/mol. The number of methoxy groups -OCH3 is 1. The number of carbonyl (C=O) groups is 2. The zero-order chi connectivity index (χ0) is 20.5. The number of ether oxygens (including phenoxy) is 1. The Labute approximate surface area is 169 Å². The van der Waals surface area contributed by atoms with Gasteiger partial charge in [-0.1, -0.05) is 36.4 Å². The van der Waals surface area contributed by atoms with Crippen LogP contribution in [-0.2, 0) is 9.53 Å². The Morgan fingerprint density at radius 3 is 2.72 bits per heavy atom. The molecule has 6 nitrogen and oxygen atoms in total. The van der Waals surface area contributed by atoms with E-state index in [2.05, 4.69) is 16.4 Å². The predicted octanol–water partition coefficient (Wildman–Crippen LogP) is 3.17. The minimum absolute atomic E-state index is 0.121. The van der Waals surface area contributed by atoms with Crippen molar-refractivity contribution in [2.75, 3.05) is 20.3 Å². The van der Waals surface area contributed by atoms with Crippen LogP contribution in [0.2, 0.25) is 0 Å². The lowest BCUT2D eigenvalue weighted by molar-refractivity contribution is -0.125. The maximum Gasteiger partial charge on any atom is 0.255 e. The van der Waals surface area contributed by atoms with Crippen LogP contribution in [0.3, 0.4) is 0 Å². The van der Waals surface area contributed by atoms with Crippen molar-refractivity contribution in [3.8, 4) is 0 Å². The van der Waals surface area contributed by atoms with Gasteiger partial charge in [-0.15, -0.1) is 0 Å². The molecule has 6 heteroatoms. The summed E-state index contributed by atoms with van der Waals surface area (Å²) in [5.41, 5.74) is 4.64. The summed E-state index contributed by atoms with van der Waals surface area (Å²) in [7, 11) is 1.59. The van der Waals surface area contributed by atoms with E-state index in [9.17, 15) is 9.59 Å². The maximum atomic E-state index is 13.3. The van der Waals surface area contributed by atoms with Gasteiger partial charge in [0.15, 0.2) is 0 Å². The molecule has 1 aliphatic rings.